The van der Waals surface area contributed by atoms with Crippen LogP contribution in [0.1, 0.15) is 19.1 Å². The Hall–Kier alpha value is -0.890. The van der Waals surface area contributed by atoms with Gasteiger partial charge in [-0.15, -0.1) is 0 Å². The van der Waals surface area contributed by atoms with Gasteiger partial charge in [-0.3, -0.25) is 0 Å². The predicted octanol–water partition coefficient (Wildman–Crippen LogP) is 0.702. The molecular formula is C11H20N2O4S. The van der Waals surface area contributed by atoms with Gasteiger partial charge >= 0.3 is 0 Å². The summed E-state index contributed by atoms with van der Waals surface area (Å²) in [6.45, 7) is 3.13. The van der Waals surface area contributed by atoms with Gasteiger partial charge in [0.05, 0.1) is 13.2 Å². The van der Waals surface area contributed by atoms with Crippen LogP contribution in [0.5, 0.6) is 0 Å². The van der Waals surface area contributed by atoms with E-state index in [9.17, 15) is 8.42 Å². The molecule has 7 heteroatoms. The first-order chi connectivity index (χ1) is 8.53. The van der Waals surface area contributed by atoms with E-state index in [0.29, 0.717) is 18.9 Å². The van der Waals surface area contributed by atoms with Crippen molar-refractivity contribution in [2.75, 3.05) is 20.8 Å². The molecule has 0 spiro atoms. The van der Waals surface area contributed by atoms with Crippen molar-refractivity contribution < 1.29 is 17.6 Å². The maximum absolute atomic E-state index is 11.5. The summed E-state index contributed by atoms with van der Waals surface area (Å²) >= 11 is 0. The summed E-state index contributed by atoms with van der Waals surface area (Å²) in [4.78, 5) is 0. The van der Waals surface area contributed by atoms with Crippen molar-refractivity contribution in [2.24, 2.45) is 0 Å². The van der Waals surface area contributed by atoms with Gasteiger partial charge in [0, 0.05) is 13.2 Å². The van der Waals surface area contributed by atoms with Crippen LogP contribution in [0.15, 0.2) is 21.6 Å². The van der Waals surface area contributed by atoms with Crippen LogP contribution in [-0.2, 0) is 21.3 Å². The Balaban J connectivity index is 2.59. The smallest absolute Gasteiger partial charge is 0.273 e. The largest absolute Gasteiger partial charge is 0.447 e. The van der Waals surface area contributed by atoms with E-state index in [2.05, 4.69) is 17.0 Å². The highest BCUT2D eigenvalue weighted by Gasteiger charge is 2.16. The standard InChI is InChI=1S/C11H20N2O4S/c1-4-9(8-16-3)13-7-10-5-6-11(17-10)18(14,15)12-2/h5-6,9,12-13H,4,7-8H2,1-3H3. The van der Waals surface area contributed by atoms with E-state index in [1.54, 1.807) is 13.2 Å². The molecule has 0 aliphatic carbocycles. The van der Waals surface area contributed by atoms with Crippen molar-refractivity contribution in [2.45, 2.75) is 31.0 Å². The molecule has 1 rings (SSSR count). The van der Waals surface area contributed by atoms with E-state index in [1.165, 1.54) is 13.1 Å². The Bertz CT molecular complexity index is 455. The Kier molecular flexibility index (Phi) is 5.80. The van der Waals surface area contributed by atoms with Crippen LogP contribution in [0, 0.1) is 0 Å². The molecule has 0 aliphatic rings. The van der Waals surface area contributed by atoms with Crippen LogP contribution in [0.25, 0.3) is 0 Å². The second-order valence-corrected chi connectivity index (χ2v) is 5.69. The van der Waals surface area contributed by atoms with E-state index in [1.807, 2.05) is 0 Å². The third-order valence-corrected chi connectivity index (χ3v) is 3.88. The maximum Gasteiger partial charge on any atom is 0.273 e. The fourth-order valence-corrected chi connectivity index (χ4v) is 2.13. The summed E-state index contributed by atoms with van der Waals surface area (Å²) in [6.07, 6.45) is 0.927. The molecule has 1 aromatic heterocycles. The van der Waals surface area contributed by atoms with E-state index >= 15 is 0 Å². The molecule has 0 amide bonds. The summed E-state index contributed by atoms with van der Waals surface area (Å²) in [5.41, 5.74) is 0. The van der Waals surface area contributed by atoms with Crippen LogP contribution in [0.4, 0.5) is 0 Å². The average molecular weight is 276 g/mol. The van der Waals surface area contributed by atoms with Gasteiger partial charge < -0.3 is 14.5 Å². The topological polar surface area (TPSA) is 80.6 Å². The number of hydrogen-bond acceptors (Lipinski definition) is 5. The van der Waals surface area contributed by atoms with Gasteiger partial charge in [-0.25, -0.2) is 13.1 Å². The fraction of sp³-hybridized carbons (Fsp3) is 0.636. The molecule has 0 saturated carbocycles. The fourth-order valence-electron chi connectivity index (χ4n) is 1.47. The molecule has 1 unspecified atom stereocenters. The zero-order chi connectivity index (χ0) is 13.6. The lowest BCUT2D eigenvalue weighted by molar-refractivity contribution is 0.162. The van der Waals surface area contributed by atoms with Crippen LogP contribution in [-0.4, -0.2) is 35.2 Å². The van der Waals surface area contributed by atoms with Crippen LogP contribution >= 0.6 is 0 Å². The van der Waals surface area contributed by atoms with Crippen molar-refractivity contribution in [3.63, 3.8) is 0 Å². The average Bonchev–Trinajstić information content (AvgIpc) is 2.84. The lowest BCUT2D eigenvalue weighted by Crippen LogP contribution is -2.31. The van der Waals surface area contributed by atoms with Gasteiger partial charge in [-0.1, -0.05) is 6.92 Å². The molecule has 0 aliphatic heterocycles. The number of methoxy groups -OCH3 is 1. The molecule has 1 atom stereocenters. The minimum absolute atomic E-state index is 0.0680. The van der Waals surface area contributed by atoms with Gasteiger partial charge in [0.15, 0.2) is 0 Å². The van der Waals surface area contributed by atoms with Gasteiger partial charge in [-0.05, 0) is 25.6 Å². The Labute approximate surface area is 108 Å². The highest BCUT2D eigenvalue weighted by Crippen LogP contribution is 2.13. The molecule has 1 aromatic rings. The first-order valence-electron chi connectivity index (χ1n) is 5.78. The highest BCUT2D eigenvalue weighted by molar-refractivity contribution is 7.89. The molecule has 2 N–H and O–H groups in total. The van der Waals surface area contributed by atoms with Crippen molar-refractivity contribution in [3.05, 3.63) is 17.9 Å². The molecule has 18 heavy (non-hydrogen) atoms. The lowest BCUT2D eigenvalue weighted by Gasteiger charge is -2.14. The van der Waals surface area contributed by atoms with Crippen molar-refractivity contribution >= 4 is 10.0 Å². The summed E-state index contributed by atoms with van der Waals surface area (Å²) in [5.74, 6) is 0.582. The lowest BCUT2D eigenvalue weighted by atomic mass is 10.2. The summed E-state index contributed by atoms with van der Waals surface area (Å²) in [7, 11) is -0.505. The normalized spacial score (nSPS) is 13.7. The van der Waals surface area contributed by atoms with E-state index in [-0.39, 0.29) is 11.1 Å². The molecule has 1 heterocycles. The molecule has 0 bridgehead atoms. The second-order valence-electron chi connectivity index (χ2n) is 3.87. The minimum atomic E-state index is -3.50. The Morgan fingerprint density at radius 1 is 1.44 bits per heavy atom. The quantitative estimate of drug-likeness (QED) is 0.730. The zero-order valence-corrected chi connectivity index (χ0v) is 11.7. The zero-order valence-electron chi connectivity index (χ0n) is 10.9. The number of sulfonamides is 1. The summed E-state index contributed by atoms with van der Waals surface area (Å²) in [5, 5.41) is 3.17. The van der Waals surface area contributed by atoms with Crippen molar-refractivity contribution in [1.29, 1.82) is 0 Å². The summed E-state index contributed by atoms with van der Waals surface area (Å²) < 4.78 is 35.5. The molecule has 6 nitrogen and oxygen atoms in total. The van der Waals surface area contributed by atoms with E-state index in [0.717, 1.165) is 6.42 Å². The number of furan rings is 1. The van der Waals surface area contributed by atoms with Gasteiger partial charge in [-0.2, -0.15) is 0 Å². The molecular weight excluding hydrogens is 256 g/mol. The minimum Gasteiger partial charge on any atom is -0.447 e. The second kappa shape index (κ2) is 6.89. The molecule has 0 aromatic carbocycles. The predicted molar refractivity (Wildman–Crippen MR) is 67.7 cm³/mol. The van der Waals surface area contributed by atoms with Crippen LogP contribution in [0.2, 0.25) is 0 Å². The van der Waals surface area contributed by atoms with Crippen molar-refractivity contribution in [3.8, 4) is 0 Å². The molecule has 0 fully saturated rings. The Morgan fingerprint density at radius 2 is 2.17 bits per heavy atom. The van der Waals surface area contributed by atoms with Crippen LogP contribution in [0.3, 0.4) is 0 Å². The molecule has 0 radical (unpaired) electrons. The first-order valence-corrected chi connectivity index (χ1v) is 7.26. The van der Waals surface area contributed by atoms with Crippen molar-refractivity contribution in [1.82, 2.24) is 10.0 Å². The number of nitrogens with one attached hydrogen (secondary N) is 2. The van der Waals surface area contributed by atoms with Gasteiger partial charge in [0.25, 0.3) is 10.0 Å². The first kappa shape index (κ1) is 15.2. The number of ether oxygens (including phenoxy) is 1. The maximum atomic E-state index is 11.5. The summed E-state index contributed by atoms with van der Waals surface area (Å²) in [6, 6.07) is 3.32. The monoisotopic (exact) mass is 276 g/mol. The van der Waals surface area contributed by atoms with E-state index < -0.39 is 10.0 Å². The Morgan fingerprint density at radius 3 is 2.72 bits per heavy atom. The number of hydrogen-bond donors (Lipinski definition) is 2. The van der Waals surface area contributed by atoms with E-state index in [4.69, 9.17) is 9.15 Å². The highest BCUT2D eigenvalue weighted by atomic mass is 32.2. The van der Waals surface area contributed by atoms with Gasteiger partial charge in [0.2, 0.25) is 5.09 Å². The SMILES string of the molecule is CCC(COC)NCc1ccc(S(=O)(=O)NC)o1. The number of rotatable bonds is 8. The third-order valence-electron chi connectivity index (χ3n) is 2.60. The molecule has 104 valence electrons. The van der Waals surface area contributed by atoms with Crippen LogP contribution < -0.4 is 10.0 Å². The van der Waals surface area contributed by atoms with Gasteiger partial charge in [0.1, 0.15) is 5.76 Å². The molecule has 0 saturated heterocycles. The third kappa shape index (κ3) is 4.09.